The Hall–Kier alpha value is -1.78. The third-order valence-corrected chi connectivity index (χ3v) is 4.74. The van der Waals surface area contributed by atoms with Crippen molar-refractivity contribution in [3.8, 4) is 0 Å². The average Bonchev–Trinajstić information content (AvgIpc) is 2.97. The molecule has 0 saturated heterocycles. The molecule has 0 spiro atoms. The summed E-state index contributed by atoms with van der Waals surface area (Å²) in [4.78, 5) is 19.3. The van der Waals surface area contributed by atoms with Gasteiger partial charge in [0.2, 0.25) is 5.95 Å². The smallest absolute Gasteiger partial charge is 0.260 e. The first-order valence-electron chi connectivity index (χ1n) is 7.89. The molecule has 0 saturated carbocycles. The van der Waals surface area contributed by atoms with E-state index in [2.05, 4.69) is 24.1 Å². The van der Waals surface area contributed by atoms with Crippen LogP contribution >= 0.6 is 23.2 Å². The van der Waals surface area contributed by atoms with E-state index in [1.54, 1.807) is 29.3 Å². The van der Waals surface area contributed by atoms with Gasteiger partial charge in [-0.1, -0.05) is 42.3 Å². The van der Waals surface area contributed by atoms with Gasteiger partial charge in [-0.15, -0.1) is 0 Å². The molecule has 1 aliphatic rings. The van der Waals surface area contributed by atoms with Gasteiger partial charge in [-0.05, 0) is 44.9 Å². The van der Waals surface area contributed by atoms with Crippen molar-refractivity contribution >= 4 is 40.7 Å². The van der Waals surface area contributed by atoms with Crippen LogP contribution in [-0.2, 0) is 10.3 Å². The Morgan fingerprint density at radius 3 is 2.50 bits per heavy atom. The lowest BCUT2D eigenvalue weighted by Gasteiger charge is -2.24. The molecule has 6 heteroatoms. The fraction of sp³-hybridized carbons (Fsp3) is 0.333. The quantitative estimate of drug-likeness (QED) is 0.695. The predicted octanol–water partition coefficient (Wildman–Crippen LogP) is 5.25. The zero-order valence-electron chi connectivity index (χ0n) is 13.9. The van der Waals surface area contributed by atoms with Crippen LogP contribution < -0.4 is 4.90 Å². The Morgan fingerprint density at radius 1 is 1.21 bits per heavy atom. The third kappa shape index (κ3) is 2.64. The van der Waals surface area contributed by atoms with Crippen LogP contribution in [0.5, 0.6) is 0 Å². The molecule has 24 heavy (non-hydrogen) atoms. The molecule has 0 fully saturated rings. The van der Waals surface area contributed by atoms with Crippen LogP contribution in [0.3, 0.4) is 0 Å². The van der Waals surface area contributed by atoms with E-state index in [-0.39, 0.29) is 5.91 Å². The molecule has 4 nitrogen and oxygen atoms in total. The van der Waals surface area contributed by atoms with Gasteiger partial charge in [0.1, 0.15) is 5.54 Å². The van der Waals surface area contributed by atoms with Gasteiger partial charge in [-0.25, -0.2) is 9.88 Å². The highest BCUT2D eigenvalue weighted by molar-refractivity contribution is 6.35. The van der Waals surface area contributed by atoms with Crippen LogP contribution in [0.1, 0.15) is 32.4 Å². The van der Waals surface area contributed by atoms with Gasteiger partial charge in [0, 0.05) is 15.7 Å². The second-order valence-electron chi connectivity index (χ2n) is 6.16. The van der Waals surface area contributed by atoms with Crippen molar-refractivity contribution < 1.29 is 4.79 Å². The van der Waals surface area contributed by atoms with Crippen LogP contribution in [0.2, 0.25) is 10.0 Å². The van der Waals surface area contributed by atoms with E-state index < -0.39 is 5.54 Å². The van der Waals surface area contributed by atoms with Gasteiger partial charge in [0.05, 0.1) is 11.9 Å². The van der Waals surface area contributed by atoms with Crippen molar-refractivity contribution in [1.82, 2.24) is 9.55 Å². The van der Waals surface area contributed by atoms with Crippen LogP contribution in [-0.4, -0.2) is 15.5 Å². The number of anilines is 2. The van der Waals surface area contributed by atoms with Gasteiger partial charge < -0.3 is 0 Å². The van der Waals surface area contributed by atoms with Gasteiger partial charge in [-0.3, -0.25) is 9.36 Å². The fourth-order valence-electron chi connectivity index (χ4n) is 3.18. The zero-order valence-corrected chi connectivity index (χ0v) is 15.4. The summed E-state index contributed by atoms with van der Waals surface area (Å²) in [7, 11) is 0. The van der Waals surface area contributed by atoms with Crippen LogP contribution in [0.25, 0.3) is 0 Å². The number of aryl methyl sites for hydroxylation is 1. The largest absolute Gasteiger partial charge is 0.299 e. The third-order valence-electron chi connectivity index (χ3n) is 4.30. The zero-order chi connectivity index (χ0) is 17.5. The molecule has 0 N–H and O–H groups in total. The van der Waals surface area contributed by atoms with Crippen molar-refractivity contribution in [3.63, 3.8) is 0 Å². The summed E-state index contributed by atoms with van der Waals surface area (Å²) in [6, 6.07) is 5.11. The summed E-state index contributed by atoms with van der Waals surface area (Å²) >= 11 is 12.2. The summed E-state index contributed by atoms with van der Waals surface area (Å²) in [5.41, 5.74) is 0.866. The van der Waals surface area contributed by atoms with Crippen LogP contribution in [0.4, 0.5) is 11.6 Å². The maximum atomic E-state index is 13.3. The van der Waals surface area contributed by atoms with Crippen molar-refractivity contribution in [2.24, 2.45) is 0 Å². The van der Waals surface area contributed by atoms with E-state index in [9.17, 15) is 4.79 Å². The number of halogens is 2. The number of nitrogens with zero attached hydrogens (tertiary/aromatic N) is 3. The highest BCUT2D eigenvalue weighted by atomic mass is 35.5. The number of aromatic nitrogens is 2. The average molecular weight is 364 g/mol. The maximum Gasteiger partial charge on any atom is 0.260 e. The lowest BCUT2D eigenvalue weighted by Crippen LogP contribution is -2.39. The SMILES string of the molecule is CC/C=C/C[C@]1(C)C(=O)N(c2cc(Cl)cc(Cl)c2)c2ncc(C)n21. The molecule has 2 heterocycles. The lowest BCUT2D eigenvalue weighted by atomic mass is 9.96. The highest BCUT2D eigenvalue weighted by Gasteiger charge is 2.48. The second kappa shape index (κ2) is 6.26. The number of allylic oxidation sites excluding steroid dienone is 2. The first kappa shape index (κ1) is 17.1. The molecule has 1 aliphatic heterocycles. The fourth-order valence-corrected chi connectivity index (χ4v) is 3.69. The number of hydrogen-bond acceptors (Lipinski definition) is 2. The number of benzene rings is 1. The summed E-state index contributed by atoms with van der Waals surface area (Å²) < 4.78 is 1.99. The standard InChI is InChI=1S/C18H19Cl2N3O/c1-4-5-6-7-18(3)16(24)22(17-21-11-12(2)23(17)18)15-9-13(19)8-14(20)10-15/h5-6,8-11H,4,7H2,1-3H3/b6-5+/t18-/m1/s1. The Bertz CT molecular complexity index is 807. The second-order valence-corrected chi connectivity index (χ2v) is 7.03. The van der Waals surface area contributed by atoms with Gasteiger partial charge in [0.15, 0.2) is 0 Å². The van der Waals surface area contributed by atoms with Gasteiger partial charge >= 0.3 is 0 Å². The van der Waals surface area contributed by atoms with E-state index in [1.807, 2.05) is 18.4 Å². The first-order chi connectivity index (χ1) is 11.4. The van der Waals surface area contributed by atoms with E-state index in [1.165, 1.54) is 0 Å². The number of imidazole rings is 1. The van der Waals surface area contributed by atoms with E-state index in [0.29, 0.717) is 28.1 Å². The minimum absolute atomic E-state index is 0.0345. The molecule has 126 valence electrons. The first-order valence-corrected chi connectivity index (χ1v) is 8.64. The lowest BCUT2D eigenvalue weighted by molar-refractivity contribution is -0.123. The molecule has 0 unspecified atom stereocenters. The minimum atomic E-state index is -0.712. The van der Waals surface area contributed by atoms with Gasteiger partial charge in [0.25, 0.3) is 5.91 Å². The molecular formula is C18H19Cl2N3O. The Kier molecular flexibility index (Phi) is 4.45. The monoisotopic (exact) mass is 363 g/mol. The number of amides is 1. The minimum Gasteiger partial charge on any atom is -0.299 e. The molecule has 0 radical (unpaired) electrons. The van der Waals surface area contributed by atoms with Gasteiger partial charge in [-0.2, -0.15) is 0 Å². The number of carbonyl (C=O) groups excluding carboxylic acids is 1. The number of carbonyl (C=O) groups is 1. The Morgan fingerprint density at radius 2 is 1.88 bits per heavy atom. The van der Waals surface area contributed by atoms with E-state index in [4.69, 9.17) is 23.2 Å². The normalized spacial score (nSPS) is 20.2. The molecule has 0 aliphatic carbocycles. The Labute approximate surface area is 151 Å². The molecule has 2 aromatic rings. The summed E-state index contributed by atoms with van der Waals surface area (Å²) in [6.45, 7) is 5.98. The molecule has 1 aromatic heterocycles. The van der Waals surface area contributed by atoms with Crippen molar-refractivity contribution in [1.29, 1.82) is 0 Å². The number of rotatable bonds is 4. The number of hydrogen-bond donors (Lipinski definition) is 0. The van der Waals surface area contributed by atoms with Crippen LogP contribution in [0.15, 0.2) is 36.5 Å². The van der Waals surface area contributed by atoms with Crippen LogP contribution in [0, 0.1) is 6.92 Å². The molecule has 0 bridgehead atoms. The molecule has 1 aromatic carbocycles. The predicted molar refractivity (Wildman–Crippen MR) is 98.3 cm³/mol. The summed E-state index contributed by atoms with van der Waals surface area (Å²) in [6.07, 6.45) is 7.45. The van der Waals surface area contributed by atoms with E-state index in [0.717, 1.165) is 12.1 Å². The molecular weight excluding hydrogens is 345 g/mol. The molecule has 1 atom stereocenters. The van der Waals surface area contributed by atoms with Crippen molar-refractivity contribution in [2.75, 3.05) is 4.90 Å². The van der Waals surface area contributed by atoms with Crippen molar-refractivity contribution in [3.05, 3.63) is 52.3 Å². The van der Waals surface area contributed by atoms with Crippen molar-refractivity contribution in [2.45, 2.75) is 39.2 Å². The Balaban J connectivity index is 2.13. The summed E-state index contributed by atoms with van der Waals surface area (Å²) in [5.74, 6) is 0.566. The summed E-state index contributed by atoms with van der Waals surface area (Å²) in [5, 5.41) is 0.971. The maximum absolute atomic E-state index is 13.3. The highest BCUT2D eigenvalue weighted by Crippen LogP contribution is 2.43. The topological polar surface area (TPSA) is 38.1 Å². The molecule has 1 amide bonds. The molecule has 3 rings (SSSR count). The number of fused-ring (bicyclic) bond motifs is 1. The van der Waals surface area contributed by atoms with E-state index >= 15 is 0 Å².